The van der Waals surface area contributed by atoms with Crippen molar-refractivity contribution < 1.29 is 27.1 Å². The first-order valence-electron chi connectivity index (χ1n) is 8.92. The Morgan fingerprint density at radius 2 is 1.72 bits per heavy atom. The minimum Gasteiger partial charge on any atom is -0.453 e. The fraction of sp³-hybridized carbons (Fsp3) is 0.350. The maximum atomic E-state index is 14.0. The van der Waals surface area contributed by atoms with Crippen LogP contribution < -0.4 is 4.74 Å². The summed E-state index contributed by atoms with van der Waals surface area (Å²) >= 11 is 5.76. The predicted molar refractivity (Wildman–Crippen MR) is 101 cm³/mol. The molecule has 2 aromatic rings. The lowest BCUT2D eigenvalue weighted by molar-refractivity contribution is -0.137. The van der Waals surface area contributed by atoms with Crippen molar-refractivity contribution in [2.24, 2.45) is 0 Å². The van der Waals surface area contributed by atoms with Gasteiger partial charge in [-0.15, -0.1) is 0 Å². The summed E-state index contributed by atoms with van der Waals surface area (Å²) in [4.78, 5) is 16.7. The zero-order valence-corrected chi connectivity index (χ0v) is 16.4. The molecule has 0 spiro atoms. The Morgan fingerprint density at radius 3 is 2.28 bits per heavy atom. The van der Waals surface area contributed by atoms with Crippen molar-refractivity contribution in [3.05, 3.63) is 58.4 Å². The van der Waals surface area contributed by atoms with Gasteiger partial charge in [0.2, 0.25) is 0 Å². The molecule has 1 heterocycles. The van der Waals surface area contributed by atoms with Gasteiger partial charge in [-0.25, -0.2) is 4.39 Å². The molecule has 0 aliphatic carbocycles. The second-order valence-corrected chi connectivity index (χ2v) is 7.30. The van der Waals surface area contributed by atoms with Gasteiger partial charge in [-0.2, -0.15) is 13.2 Å². The number of piperazine rings is 1. The number of Topliss-reactive ketones (excluding diaryl/α,β-unsaturated/α-hetero) is 1. The molecule has 2 aromatic carbocycles. The zero-order valence-electron chi connectivity index (χ0n) is 15.6. The minimum absolute atomic E-state index is 0.0557. The van der Waals surface area contributed by atoms with Gasteiger partial charge in [0.25, 0.3) is 0 Å². The second-order valence-electron chi connectivity index (χ2n) is 6.90. The molecular formula is C20H19ClF4N2O2. The number of rotatable bonds is 5. The molecule has 4 nitrogen and oxygen atoms in total. The van der Waals surface area contributed by atoms with E-state index in [0.29, 0.717) is 24.2 Å². The number of hydrogen-bond donors (Lipinski definition) is 0. The molecule has 0 unspecified atom stereocenters. The first-order valence-corrected chi connectivity index (χ1v) is 9.29. The monoisotopic (exact) mass is 430 g/mol. The third-order valence-corrected chi connectivity index (χ3v) is 4.97. The van der Waals surface area contributed by atoms with E-state index < -0.39 is 28.3 Å². The lowest BCUT2D eigenvalue weighted by Crippen LogP contribution is -2.46. The van der Waals surface area contributed by atoms with E-state index in [1.165, 1.54) is 24.3 Å². The molecule has 9 heteroatoms. The molecule has 156 valence electrons. The second kappa shape index (κ2) is 8.69. The van der Waals surface area contributed by atoms with Crippen LogP contribution in [-0.2, 0) is 6.18 Å². The lowest BCUT2D eigenvalue weighted by atomic mass is 10.1. The number of nitrogens with zero attached hydrogens (tertiary/aromatic N) is 2. The number of carbonyl (C=O) groups excluding carboxylic acids is 1. The van der Waals surface area contributed by atoms with E-state index in [-0.39, 0.29) is 11.5 Å². The summed E-state index contributed by atoms with van der Waals surface area (Å²) in [6.07, 6.45) is -4.71. The molecule has 0 saturated carbocycles. The summed E-state index contributed by atoms with van der Waals surface area (Å²) in [7, 11) is 2.03. The standard InChI is InChI=1S/C20H19ClF4N2O2/c1-26-6-8-27(9-7-26)12-18(28)13-2-4-15(5-3-13)29-19-16(21)10-14(11-17(19)22)20(23,24)25/h2-5,10-11H,6-9,12H2,1H3. The molecule has 0 N–H and O–H groups in total. The number of hydrogen-bond acceptors (Lipinski definition) is 4. The van der Waals surface area contributed by atoms with Gasteiger partial charge in [0, 0.05) is 31.7 Å². The molecule has 0 amide bonds. The van der Waals surface area contributed by atoms with Crippen molar-refractivity contribution in [3.8, 4) is 11.5 Å². The molecule has 0 atom stereocenters. The number of alkyl halides is 3. The Kier molecular flexibility index (Phi) is 6.45. The van der Waals surface area contributed by atoms with Gasteiger partial charge in [-0.05, 0) is 43.4 Å². The lowest BCUT2D eigenvalue weighted by Gasteiger charge is -2.31. The van der Waals surface area contributed by atoms with Crippen LogP contribution in [0.4, 0.5) is 17.6 Å². The van der Waals surface area contributed by atoms with Crippen LogP contribution in [-0.4, -0.2) is 55.4 Å². The summed E-state index contributed by atoms with van der Waals surface area (Å²) in [6, 6.07) is 6.89. The number of halogens is 5. The van der Waals surface area contributed by atoms with Gasteiger partial charge in [0.1, 0.15) is 5.75 Å². The quantitative estimate of drug-likeness (QED) is 0.507. The largest absolute Gasteiger partial charge is 0.453 e. The molecular weight excluding hydrogens is 412 g/mol. The normalized spacial score (nSPS) is 16.1. The third kappa shape index (κ3) is 5.46. The van der Waals surface area contributed by atoms with Crippen molar-refractivity contribution >= 4 is 17.4 Å². The van der Waals surface area contributed by atoms with Crippen LogP contribution in [0, 0.1) is 5.82 Å². The highest BCUT2D eigenvalue weighted by Crippen LogP contribution is 2.38. The average molecular weight is 431 g/mol. The Balaban J connectivity index is 1.67. The van der Waals surface area contributed by atoms with Crippen LogP contribution >= 0.6 is 11.6 Å². The molecule has 0 aromatic heterocycles. The highest BCUT2D eigenvalue weighted by atomic mass is 35.5. The average Bonchev–Trinajstić information content (AvgIpc) is 2.66. The maximum Gasteiger partial charge on any atom is 0.416 e. The molecule has 3 rings (SSSR count). The predicted octanol–water partition coefficient (Wildman–Crippen LogP) is 4.72. The van der Waals surface area contributed by atoms with Crippen molar-refractivity contribution in [3.63, 3.8) is 0 Å². The summed E-state index contributed by atoms with van der Waals surface area (Å²) < 4.78 is 57.5. The van der Waals surface area contributed by atoms with Crippen LogP contribution in [0.3, 0.4) is 0 Å². The third-order valence-electron chi connectivity index (χ3n) is 4.68. The summed E-state index contributed by atoms with van der Waals surface area (Å²) in [5, 5.41) is -0.493. The highest BCUT2D eigenvalue weighted by molar-refractivity contribution is 6.32. The summed E-state index contributed by atoms with van der Waals surface area (Å²) in [5.41, 5.74) is -0.729. The summed E-state index contributed by atoms with van der Waals surface area (Å²) in [5.74, 6) is -1.63. The van der Waals surface area contributed by atoms with E-state index in [2.05, 4.69) is 9.80 Å². The fourth-order valence-corrected chi connectivity index (χ4v) is 3.19. The van der Waals surface area contributed by atoms with Crippen molar-refractivity contribution in [2.45, 2.75) is 6.18 Å². The Morgan fingerprint density at radius 1 is 1.10 bits per heavy atom. The van der Waals surface area contributed by atoms with Gasteiger partial charge in [-0.1, -0.05) is 11.6 Å². The molecule has 0 radical (unpaired) electrons. The minimum atomic E-state index is -4.71. The molecule has 1 fully saturated rings. The Labute approximate surface area is 170 Å². The highest BCUT2D eigenvalue weighted by Gasteiger charge is 2.32. The van der Waals surface area contributed by atoms with E-state index in [0.717, 1.165) is 26.2 Å². The molecule has 1 aliphatic rings. The molecule has 0 bridgehead atoms. The number of likely N-dealkylation sites (N-methyl/N-ethyl adjacent to an activating group) is 1. The Bertz CT molecular complexity index is 856. The van der Waals surface area contributed by atoms with E-state index in [1.54, 1.807) is 0 Å². The van der Waals surface area contributed by atoms with Crippen molar-refractivity contribution in [1.29, 1.82) is 0 Å². The molecule has 1 aliphatic heterocycles. The van der Waals surface area contributed by atoms with Gasteiger partial charge in [0.05, 0.1) is 17.1 Å². The molecule has 29 heavy (non-hydrogen) atoms. The number of ketones is 1. The molecule has 1 saturated heterocycles. The van der Waals surface area contributed by atoms with Gasteiger partial charge in [-0.3, -0.25) is 9.69 Å². The number of benzene rings is 2. The van der Waals surface area contributed by atoms with Crippen LogP contribution in [0.2, 0.25) is 5.02 Å². The van der Waals surface area contributed by atoms with Gasteiger partial charge >= 0.3 is 6.18 Å². The van der Waals surface area contributed by atoms with Crippen LogP contribution in [0.15, 0.2) is 36.4 Å². The van der Waals surface area contributed by atoms with E-state index >= 15 is 0 Å². The van der Waals surface area contributed by atoms with E-state index in [1.807, 2.05) is 7.05 Å². The fourth-order valence-electron chi connectivity index (χ4n) is 2.95. The van der Waals surface area contributed by atoms with E-state index in [9.17, 15) is 22.4 Å². The van der Waals surface area contributed by atoms with Crippen molar-refractivity contribution in [1.82, 2.24) is 9.80 Å². The van der Waals surface area contributed by atoms with Crippen molar-refractivity contribution in [2.75, 3.05) is 39.8 Å². The van der Waals surface area contributed by atoms with Gasteiger partial charge < -0.3 is 9.64 Å². The number of carbonyl (C=O) groups is 1. The summed E-state index contributed by atoms with van der Waals surface area (Å²) in [6.45, 7) is 3.73. The van der Waals surface area contributed by atoms with Gasteiger partial charge in [0.15, 0.2) is 17.3 Å². The zero-order chi connectivity index (χ0) is 21.2. The topological polar surface area (TPSA) is 32.8 Å². The number of ether oxygens (including phenoxy) is 1. The Hall–Kier alpha value is -2.16. The van der Waals surface area contributed by atoms with Crippen LogP contribution in [0.5, 0.6) is 11.5 Å². The first-order chi connectivity index (χ1) is 13.6. The van der Waals surface area contributed by atoms with Crippen LogP contribution in [0.1, 0.15) is 15.9 Å². The first kappa shape index (κ1) is 21.5. The van der Waals surface area contributed by atoms with E-state index in [4.69, 9.17) is 16.3 Å². The smallest absolute Gasteiger partial charge is 0.416 e. The maximum absolute atomic E-state index is 14.0. The van der Waals surface area contributed by atoms with Crippen LogP contribution in [0.25, 0.3) is 0 Å². The SMILES string of the molecule is CN1CCN(CC(=O)c2ccc(Oc3c(F)cc(C(F)(F)F)cc3Cl)cc2)CC1.